The first-order chi connectivity index (χ1) is 7.31. The van der Waals surface area contributed by atoms with Crippen LogP contribution in [0.5, 0.6) is 0 Å². The number of fused-ring (bicyclic) bond motifs is 1. The van der Waals surface area contributed by atoms with Crippen molar-refractivity contribution in [3.63, 3.8) is 0 Å². The van der Waals surface area contributed by atoms with E-state index >= 15 is 0 Å². The molecule has 0 radical (unpaired) electrons. The van der Waals surface area contributed by atoms with Crippen molar-refractivity contribution in [2.45, 2.75) is 32.4 Å². The molecule has 0 spiro atoms. The molecule has 2 heterocycles. The number of β-lactam (4-membered cyclic amide) rings is 1. The maximum atomic E-state index is 11.6. The fraction of sp³-hybridized carbons (Fsp3) is 0.700. The van der Waals surface area contributed by atoms with Gasteiger partial charge in [-0.3, -0.25) is 9.59 Å². The van der Waals surface area contributed by atoms with Gasteiger partial charge in [0.15, 0.2) is 5.92 Å². The number of carbonyl (C=O) groups excluding carboxylic acids is 3. The van der Waals surface area contributed by atoms with Gasteiger partial charge < -0.3 is 9.47 Å². The Hall–Kier alpha value is -1.59. The zero-order valence-corrected chi connectivity index (χ0v) is 9.35. The monoisotopic (exact) mass is 227 g/mol. The first-order valence-corrected chi connectivity index (χ1v) is 5.04. The molecule has 0 unspecified atom stereocenters. The maximum absolute atomic E-state index is 11.6. The summed E-state index contributed by atoms with van der Waals surface area (Å²) in [7, 11) is 0. The third-order valence-electron chi connectivity index (χ3n) is 2.46. The van der Waals surface area contributed by atoms with Crippen LogP contribution in [0.1, 0.15) is 20.8 Å². The fourth-order valence-corrected chi connectivity index (χ4v) is 1.77. The Kier molecular flexibility index (Phi) is 2.18. The predicted octanol–water partition coefficient (Wildman–Crippen LogP) is 0.305. The smallest absolute Gasteiger partial charge is 0.417 e. The molecule has 2 saturated heterocycles. The highest BCUT2D eigenvalue weighted by Gasteiger charge is 2.60. The Labute approximate surface area is 92.5 Å². The van der Waals surface area contributed by atoms with Crippen molar-refractivity contribution in [1.29, 1.82) is 0 Å². The average molecular weight is 227 g/mol. The molecule has 6 nitrogen and oxygen atoms in total. The Morgan fingerprint density at radius 3 is 2.62 bits per heavy atom. The van der Waals surface area contributed by atoms with Gasteiger partial charge in [0.2, 0.25) is 5.91 Å². The molecule has 0 bridgehead atoms. The van der Waals surface area contributed by atoms with Gasteiger partial charge in [-0.15, -0.1) is 0 Å². The molecule has 0 saturated carbocycles. The lowest BCUT2D eigenvalue weighted by Gasteiger charge is -2.38. The minimum Gasteiger partial charge on any atom is -0.463 e. The number of hydrogen-bond acceptors (Lipinski definition) is 5. The van der Waals surface area contributed by atoms with Crippen LogP contribution in [0.2, 0.25) is 0 Å². The summed E-state index contributed by atoms with van der Waals surface area (Å²) >= 11 is 0. The Bertz CT molecular complexity index is 370. The van der Waals surface area contributed by atoms with E-state index in [9.17, 15) is 14.4 Å². The summed E-state index contributed by atoms with van der Waals surface area (Å²) in [5, 5.41) is 0. The molecule has 0 aromatic rings. The van der Waals surface area contributed by atoms with E-state index in [1.54, 1.807) is 20.8 Å². The molecule has 2 fully saturated rings. The zero-order valence-electron chi connectivity index (χ0n) is 9.35. The number of likely N-dealkylation sites (tertiary alicyclic amines) is 1. The second-order valence-corrected chi connectivity index (χ2v) is 4.86. The molecule has 0 aliphatic carbocycles. The fourth-order valence-electron chi connectivity index (χ4n) is 1.77. The Balaban J connectivity index is 2.05. The molecule has 2 atom stereocenters. The van der Waals surface area contributed by atoms with Gasteiger partial charge in [0.1, 0.15) is 12.2 Å². The van der Waals surface area contributed by atoms with Gasteiger partial charge >= 0.3 is 12.1 Å². The lowest BCUT2D eigenvalue weighted by Crippen LogP contribution is -2.64. The molecule has 0 aromatic carbocycles. The number of amides is 2. The zero-order chi connectivity index (χ0) is 12.1. The molecule has 0 aromatic heterocycles. The van der Waals surface area contributed by atoms with Crippen molar-refractivity contribution in [2.24, 2.45) is 5.92 Å². The molecule has 2 aliphatic rings. The summed E-state index contributed by atoms with van der Waals surface area (Å²) in [5.74, 6) is -1.87. The van der Waals surface area contributed by atoms with E-state index in [2.05, 4.69) is 0 Å². The summed E-state index contributed by atoms with van der Waals surface area (Å²) in [5.41, 5.74) is -0.661. The quantitative estimate of drug-likeness (QED) is 0.338. The van der Waals surface area contributed by atoms with Crippen LogP contribution in [0.15, 0.2) is 0 Å². The average Bonchev–Trinajstić information content (AvgIpc) is 2.38. The maximum Gasteiger partial charge on any atom is 0.417 e. The molecule has 6 heteroatoms. The molecule has 2 amide bonds. The number of esters is 1. The van der Waals surface area contributed by atoms with Crippen LogP contribution in [0.4, 0.5) is 4.79 Å². The number of hydrogen-bond donors (Lipinski definition) is 0. The first kappa shape index (κ1) is 10.9. The summed E-state index contributed by atoms with van der Waals surface area (Å²) in [6.45, 7) is 5.21. The van der Waals surface area contributed by atoms with E-state index in [4.69, 9.17) is 9.47 Å². The molecule has 16 heavy (non-hydrogen) atoms. The van der Waals surface area contributed by atoms with E-state index in [0.717, 1.165) is 4.90 Å². The molecule has 2 rings (SSSR count). The van der Waals surface area contributed by atoms with Gasteiger partial charge in [-0.2, -0.15) is 0 Å². The van der Waals surface area contributed by atoms with Crippen LogP contribution in [-0.4, -0.2) is 41.1 Å². The van der Waals surface area contributed by atoms with Gasteiger partial charge in [0, 0.05) is 0 Å². The summed E-state index contributed by atoms with van der Waals surface area (Å²) in [6, 6.07) is -0.477. The standard InChI is InChI=1S/C10H13NO5/c1-10(2,3)16-9(14)11-5-4-15-8(13)6(5)7(11)12/h5-6H,4H2,1-3H3/t5-,6+/m0/s1. The normalized spacial score (nSPS) is 28.3. The van der Waals surface area contributed by atoms with E-state index in [1.165, 1.54) is 0 Å². The van der Waals surface area contributed by atoms with Crippen LogP contribution in [0, 0.1) is 5.92 Å². The van der Waals surface area contributed by atoms with Crippen LogP contribution < -0.4 is 0 Å². The lowest BCUT2D eigenvalue weighted by atomic mass is 9.91. The van der Waals surface area contributed by atoms with E-state index in [1.807, 2.05) is 0 Å². The first-order valence-electron chi connectivity index (χ1n) is 5.04. The number of imide groups is 1. The minimum atomic E-state index is -0.799. The van der Waals surface area contributed by atoms with E-state index in [0.29, 0.717) is 0 Å². The number of rotatable bonds is 0. The molecule has 2 aliphatic heterocycles. The summed E-state index contributed by atoms with van der Waals surface area (Å²) < 4.78 is 9.77. The second-order valence-electron chi connectivity index (χ2n) is 4.86. The van der Waals surface area contributed by atoms with Gasteiger partial charge in [0.05, 0.1) is 6.04 Å². The van der Waals surface area contributed by atoms with Crippen molar-refractivity contribution in [3.05, 3.63) is 0 Å². The largest absolute Gasteiger partial charge is 0.463 e. The number of carbonyl (C=O) groups is 3. The minimum absolute atomic E-state index is 0.0779. The van der Waals surface area contributed by atoms with Crippen LogP contribution in [0.25, 0.3) is 0 Å². The lowest BCUT2D eigenvalue weighted by molar-refractivity contribution is -0.156. The SMILES string of the molecule is CC(C)(C)OC(=O)N1C(=O)[C@@H]2C(=O)OC[C@@H]21. The van der Waals surface area contributed by atoms with Gasteiger partial charge in [-0.1, -0.05) is 0 Å². The Morgan fingerprint density at radius 1 is 1.44 bits per heavy atom. The van der Waals surface area contributed by atoms with Crippen molar-refractivity contribution in [1.82, 2.24) is 4.90 Å². The van der Waals surface area contributed by atoms with E-state index in [-0.39, 0.29) is 6.61 Å². The highest BCUT2D eigenvalue weighted by molar-refractivity contribution is 6.11. The number of cyclic esters (lactones) is 1. The van der Waals surface area contributed by atoms with Crippen LogP contribution in [-0.2, 0) is 19.1 Å². The van der Waals surface area contributed by atoms with Crippen LogP contribution >= 0.6 is 0 Å². The third kappa shape index (κ3) is 1.54. The Morgan fingerprint density at radius 2 is 2.06 bits per heavy atom. The third-order valence-corrected chi connectivity index (χ3v) is 2.46. The van der Waals surface area contributed by atoms with E-state index < -0.39 is 35.5 Å². The van der Waals surface area contributed by atoms with Crippen molar-refractivity contribution in [2.75, 3.05) is 6.61 Å². The predicted molar refractivity (Wildman–Crippen MR) is 51.3 cm³/mol. The van der Waals surface area contributed by atoms with Crippen molar-refractivity contribution < 1.29 is 23.9 Å². The number of ether oxygens (including phenoxy) is 2. The van der Waals surface area contributed by atoms with Gasteiger partial charge in [0.25, 0.3) is 0 Å². The van der Waals surface area contributed by atoms with Crippen molar-refractivity contribution in [3.8, 4) is 0 Å². The highest BCUT2D eigenvalue weighted by Crippen LogP contribution is 2.34. The highest BCUT2D eigenvalue weighted by atomic mass is 16.6. The summed E-state index contributed by atoms with van der Waals surface area (Å²) in [4.78, 5) is 35.2. The number of nitrogens with zero attached hydrogens (tertiary/aromatic N) is 1. The van der Waals surface area contributed by atoms with Gasteiger partial charge in [-0.25, -0.2) is 9.69 Å². The molecular weight excluding hydrogens is 214 g/mol. The second kappa shape index (κ2) is 3.20. The van der Waals surface area contributed by atoms with Crippen LogP contribution in [0.3, 0.4) is 0 Å². The summed E-state index contributed by atoms with van der Waals surface area (Å²) in [6.07, 6.45) is -0.711. The molecular formula is C10H13NO5. The topological polar surface area (TPSA) is 72.9 Å². The van der Waals surface area contributed by atoms with Crippen molar-refractivity contribution >= 4 is 18.0 Å². The molecule has 0 N–H and O–H groups in total. The molecule has 88 valence electrons. The van der Waals surface area contributed by atoms with Gasteiger partial charge in [-0.05, 0) is 20.8 Å².